The smallest absolute Gasteiger partial charge is 0.387 e. The lowest BCUT2D eigenvalue weighted by Crippen LogP contribution is -2.28. The summed E-state index contributed by atoms with van der Waals surface area (Å²) in [5, 5.41) is 13.2. The Morgan fingerprint density at radius 3 is 2.55 bits per heavy atom. The van der Waals surface area contributed by atoms with Crippen molar-refractivity contribution in [2.45, 2.75) is 26.4 Å². The third-order valence-corrected chi connectivity index (χ3v) is 4.66. The molecule has 1 aliphatic carbocycles. The molecule has 3 atom stereocenters. The van der Waals surface area contributed by atoms with Crippen molar-refractivity contribution in [2.24, 2.45) is 17.8 Å². The van der Waals surface area contributed by atoms with Crippen LogP contribution in [0.3, 0.4) is 0 Å². The molecule has 158 valence electrons. The molecule has 1 aromatic rings. The zero-order chi connectivity index (χ0) is 21.6. The molecule has 1 amide bonds. The number of ether oxygens (including phenoxy) is 2. The van der Waals surface area contributed by atoms with Gasteiger partial charge in [-0.1, -0.05) is 6.92 Å². The SMILES string of the molecule is C[C@@H]1CC(=O)[C@@H](CC(=O)OCC(=O)Nc2ccc(OC(F)F)cc2)[C@@H]1C[N+](=O)[O-]. The summed E-state index contributed by atoms with van der Waals surface area (Å²) in [4.78, 5) is 46.1. The molecule has 0 bridgehead atoms. The van der Waals surface area contributed by atoms with Crippen LogP contribution < -0.4 is 10.1 Å². The van der Waals surface area contributed by atoms with Crippen LogP contribution in [0.4, 0.5) is 14.5 Å². The molecule has 1 aliphatic rings. The number of ketones is 1. The van der Waals surface area contributed by atoms with E-state index in [4.69, 9.17) is 4.74 Å². The number of hydrogen-bond acceptors (Lipinski definition) is 7. The van der Waals surface area contributed by atoms with Crippen LogP contribution in [0.25, 0.3) is 0 Å². The summed E-state index contributed by atoms with van der Waals surface area (Å²) in [7, 11) is 0. The molecular formula is C18H20F2N2O7. The molecule has 0 aromatic heterocycles. The van der Waals surface area contributed by atoms with Crippen molar-refractivity contribution >= 4 is 23.3 Å². The molecule has 2 rings (SSSR count). The molecule has 1 N–H and O–H groups in total. The molecule has 1 saturated carbocycles. The largest absolute Gasteiger partial charge is 0.456 e. The highest BCUT2D eigenvalue weighted by Crippen LogP contribution is 2.36. The van der Waals surface area contributed by atoms with E-state index in [1.165, 1.54) is 24.3 Å². The van der Waals surface area contributed by atoms with Gasteiger partial charge in [0.25, 0.3) is 5.91 Å². The molecule has 1 aromatic carbocycles. The van der Waals surface area contributed by atoms with Gasteiger partial charge in [0.15, 0.2) is 6.61 Å². The van der Waals surface area contributed by atoms with Crippen LogP contribution in [0, 0.1) is 27.9 Å². The first-order valence-electron chi connectivity index (χ1n) is 8.80. The number of anilines is 1. The number of rotatable bonds is 9. The second-order valence-electron chi connectivity index (χ2n) is 6.75. The van der Waals surface area contributed by atoms with Crippen molar-refractivity contribution in [3.63, 3.8) is 0 Å². The van der Waals surface area contributed by atoms with Gasteiger partial charge in [-0.25, -0.2) is 0 Å². The minimum Gasteiger partial charge on any atom is -0.456 e. The Labute approximate surface area is 164 Å². The van der Waals surface area contributed by atoms with E-state index in [0.717, 1.165) is 0 Å². The Hall–Kier alpha value is -3.11. The van der Waals surface area contributed by atoms with Crippen LogP contribution >= 0.6 is 0 Å². The van der Waals surface area contributed by atoms with Gasteiger partial charge in [0.1, 0.15) is 11.5 Å². The number of hydrogen-bond donors (Lipinski definition) is 1. The summed E-state index contributed by atoms with van der Waals surface area (Å²) in [5.41, 5.74) is 0.276. The van der Waals surface area contributed by atoms with Gasteiger partial charge in [-0.3, -0.25) is 24.5 Å². The number of amides is 1. The van der Waals surface area contributed by atoms with Crippen molar-refractivity contribution in [2.75, 3.05) is 18.5 Å². The van der Waals surface area contributed by atoms with E-state index in [1.807, 2.05) is 0 Å². The highest BCUT2D eigenvalue weighted by atomic mass is 19.3. The summed E-state index contributed by atoms with van der Waals surface area (Å²) in [6.07, 6.45) is -0.156. The normalized spacial score (nSPS) is 21.1. The van der Waals surface area contributed by atoms with Gasteiger partial charge < -0.3 is 14.8 Å². The predicted octanol–water partition coefficient (Wildman–Crippen LogP) is 2.28. The number of nitro groups is 1. The maximum Gasteiger partial charge on any atom is 0.387 e. The summed E-state index contributed by atoms with van der Waals surface area (Å²) in [5.74, 6) is -3.33. The Morgan fingerprint density at radius 2 is 1.97 bits per heavy atom. The van der Waals surface area contributed by atoms with Gasteiger partial charge in [-0.05, 0) is 30.2 Å². The maximum absolute atomic E-state index is 12.1. The number of nitrogens with zero attached hydrogens (tertiary/aromatic N) is 1. The second kappa shape index (κ2) is 9.89. The molecule has 0 aliphatic heterocycles. The Balaban J connectivity index is 1.81. The van der Waals surface area contributed by atoms with E-state index in [0.29, 0.717) is 0 Å². The first kappa shape index (κ1) is 22.2. The van der Waals surface area contributed by atoms with E-state index >= 15 is 0 Å². The number of Topliss-reactive ketones (excluding diaryl/α,β-unsaturated/α-hetero) is 1. The fraction of sp³-hybridized carbons (Fsp3) is 0.500. The lowest BCUT2D eigenvalue weighted by molar-refractivity contribution is -0.490. The Morgan fingerprint density at radius 1 is 1.31 bits per heavy atom. The fourth-order valence-electron chi connectivity index (χ4n) is 3.30. The van der Waals surface area contributed by atoms with Crippen LogP contribution in [0.2, 0.25) is 0 Å². The van der Waals surface area contributed by atoms with E-state index < -0.39 is 48.4 Å². The van der Waals surface area contributed by atoms with E-state index in [9.17, 15) is 33.3 Å². The van der Waals surface area contributed by atoms with E-state index in [1.54, 1.807) is 6.92 Å². The third kappa shape index (κ3) is 6.77. The van der Waals surface area contributed by atoms with Crippen molar-refractivity contribution in [3.05, 3.63) is 34.4 Å². The minimum atomic E-state index is -2.96. The highest BCUT2D eigenvalue weighted by molar-refractivity contribution is 5.93. The monoisotopic (exact) mass is 414 g/mol. The number of carbonyl (C=O) groups excluding carboxylic acids is 3. The van der Waals surface area contributed by atoms with Crippen molar-refractivity contribution in [3.8, 4) is 5.75 Å². The average Bonchev–Trinajstić information content (AvgIpc) is 2.88. The second-order valence-corrected chi connectivity index (χ2v) is 6.75. The summed E-state index contributed by atoms with van der Waals surface area (Å²) < 4.78 is 33.2. The lowest BCUT2D eigenvalue weighted by Gasteiger charge is -2.17. The standard InChI is InChI=1S/C18H20F2N2O7/c1-10-6-15(23)13(14(10)8-22(26)27)7-17(25)28-9-16(24)21-11-2-4-12(5-3-11)29-18(19)20/h2-5,10,13-14,18H,6-9H2,1H3,(H,21,24)/t10-,13+,14-/m1/s1. The molecule has 9 nitrogen and oxygen atoms in total. The van der Waals surface area contributed by atoms with E-state index in [-0.39, 0.29) is 36.0 Å². The Bertz CT molecular complexity index is 770. The molecule has 0 saturated heterocycles. The molecule has 0 unspecified atom stereocenters. The first-order valence-corrected chi connectivity index (χ1v) is 8.80. The summed E-state index contributed by atoms with van der Waals surface area (Å²) in [6, 6.07) is 5.13. The van der Waals surface area contributed by atoms with Gasteiger partial charge in [-0.2, -0.15) is 8.78 Å². The average molecular weight is 414 g/mol. The number of benzene rings is 1. The number of esters is 1. The third-order valence-electron chi connectivity index (χ3n) is 4.66. The zero-order valence-electron chi connectivity index (χ0n) is 15.5. The molecule has 0 radical (unpaired) electrons. The number of carbonyl (C=O) groups is 3. The molecule has 0 heterocycles. The van der Waals surface area contributed by atoms with Crippen LogP contribution in [0.15, 0.2) is 24.3 Å². The molecule has 1 fully saturated rings. The minimum absolute atomic E-state index is 0.0795. The number of alkyl halides is 2. The van der Waals surface area contributed by atoms with Gasteiger partial charge in [0, 0.05) is 28.9 Å². The van der Waals surface area contributed by atoms with Crippen LogP contribution in [-0.4, -0.2) is 42.3 Å². The quantitative estimate of drug-likeness (QED) is 0.373. The number of halogens is 2. The van der Waals surface area contributed by atoms with Gasteiger partial charge in [-0.15, -0.1) is 0 Å². The molecular weight excluding hydrogens is 394 g/mol. The lowest BCUT2D eigenvalue weighted by atomic mass is 9.88. The van der Waals surface area contributed by atoms with Gasteiger partial charge in [0.05, 0.1) is 6.42 Å². The maximum atomic E-state index is 12.1. The van der Waals surface area contributed by atoms with Crippen LogP contribution in [0.5, 0.6) is 5.75 Å². The zero-order valence-corrected chi connectivity index (χ0v) is 15.5. The van der Waals surface area contributed by atoms with Crippen molar-refractivity contribution < 1.29 is 37.6 Å². The predicted molar refractivity (Wildman–Crippen MR) is 94.9 cm³/mol. The number of nitrogens with one attached hydrogen (secondary N) is 1. The fourth-order valence-corrected chi connectivity index (χ4v) is 3.30. The van der Waals surface area contributed by atoms with Gasteiger partial charge >= 0.3 is 12.6 Å². The molecule has 29 heavy (non-hydrogen) atoms. The van der Waals surface area contributed by atoms with E-state index in [2.05, 4.69) is 10.1 Å². The molecule has 0 spiro atoms. The van der Waals surface area contributed by atoms with Crippen molar-refractivity contribution in [1.29, 1.82) is 0 Å². The van der Waals surface area contributed by atoms with Crippen LogP contribution in [-0.2, 0) is 19.1 Å². The topological polar surface area (TPSA) is 125 Å². The Kier molecular flexibility index (Phi) is 7.57. The first-order chi connectivity index (χ1) is 13.7. The summed E-state index contributed by atoms with van der Waals surface area (Å²) >= 11 is 0. The highest BCUT2D eigenvalue weighted by Gasteiger charge is 2.44. The van der Waals surface area contributed by atoms with Gasteiger partial charge in [0.2, 0.25) is 6.54 Å². The molecule has 11 heteroatoms. The van der Waals surface area contributed by atoms with Crippen LogP contribution in [0.1, 0.15) is 19.8 Å². The van der Waals surface area contributed by atoms with Crippen molar-refractivity contribution in [1.82, 2.24) is 0 Å². The summed E-state index contributed by atoms with van der Waals surface area (Å²) in [6.45, 7) is -2.27.